The number of nitrogens with two attached hydrogens (primary N) is 2. The summed E-state index contributed by atoms with van der Waals surface area (Å²) >= 11 is 0. The van der Waals surface area contributed by atoms with E-state index in [1.807, 2.05) is 13.8 Å². The number of nitrogens with one attached hydrogen (secondary N) is 2. The molecule has 20 nitrogen and oxygen atoms in total. The van der Waals surface area contributed by atoms with E-state index in [9.17, 15) is 37.1 Å². The molecule has 330 valence electrons. The lowest BCUT2D eigenvalue weighted by Gasteiger charge is -2.24. The van der Waals surface area contributed by atoms with E-state index in [0.717, 1.165) is 0 Å². The van der Waals surface area contributed by atoms with Gasteiger partial charge in [0.1, 0.15) is 47.1 Å². The number of aryl methyl sites for hydroxylation is 4. The zero-order valence-electron chi connectivity index (χ0n) is 34.4. The lowest BCUT2D eigenvalue weighted by atomic mass is 10.1. The molecule has 0 saturated carbocycles. The molecule has 5 heterocycles. The van der Waals surface area contributed by atoms with Crippen LogP contribution in [0.2, 0.25) is 0 Å². The maximum absolute atomic E-state index is 14.0. The van der Waals surface area contributed by atoms with Crippen molar-refractivity contribution in [1.29, 1.82) is 0 Å². The minimum Gasteiger partial charge on any atom is -0.489 e. The first-order valence-corrected chi connectivity index (χ1v) is 19.6. The number of carbonyl (C=O) groups excluding carboxylic acids is 5. The van der Waals surface area contributed by atoms with E-state index in [1.54, 1.807) is 47.3 Å². The van der Waals surface area contributed by atoms with E-state index >= 15 is 0 Å². The Morgan fingerprint density at radius 3 is 1.46 bits per heavy atom. The molecule has 5 amide bonds. The highest BCUT2D eigenvalue weighted by atomic mass is 19.4. The third-order valence-corrected chi connectivity index (χ3v) is 10.0. The summed E-state index contributed by atoms with van der Waals surface area (Å²) in [4.78, 5) is 74.9. The van der Waals surface area contributed by atoms with Gasteiger partial charge in [0.2, 0.25) is 23.7 Å². The molecule has 0 spiro atoms. The number of carbonyl (C=O) groups is 5. The lowest BCUT2D eigenvalue weighted by molar-refractivity contribution is -0.186. The summed E-state index contributed by atoms with van der Waals surface area (Å²) in [7, 11) is 0. The van der Waals surface area contributed by atoms with Crippen LogP contribution in [0.3, 0.4) is 0 Å². The van der Waals surface area contributed by atoms with Gasteiger partial charge in [-0.3, -0.25) is 44.0 Å². The van der Waals surface area contributed by atoms with Gasteiger partial charge in [0.25, 0.3) is 11.8 Å². The Kier molecular flexibility index (Phi) is 11.9. The second kappa shape index (κ2) is 17.3. The molecular formula is C40H42F3N13O7. The van der Waals surface area contributed by atoms with Crippen molar-refractivity contribution in [2.75, 3.05) is 36.9 Å². The number of amides is 5. The monoisotopic (exact) mass is 873 g/mol. The number of imidazole rings is 2. The molecular weight excluding hydrogens is 832 g/mol. The maximum atomic E-state index is 14.0. The van der Waals surface area contributed by atoms with Crippen LogP contribution in [-0.2, 0) is 31.0 Å². The number of ether oxygens (including phenoxy) is 2. The molecule has 4 aromatic heterocycles. The van der Waals surface area contributed by atoms with Crippen molar-refractivity contribution in [2.45, 2.75) is 60.1 Å². The van der Waals surface area contributed by atoms with Gasteiger partial charge in [-0.05, 0) is 64.1 Å². The molecule has 0 saturated heterocycles. The largest absolute Gasteiger partial charge is 0.489 e. The molecule has 0 radical (unpaired) electrons. The number of benzene rings is 2. The molecule has 7 rings (SSSR count). The highest BCUT2D eigenvalue weighted by Crippen LogP contribution is 2.34. The summed E-state index contributed by atoms with van der Waals surface area (Å²) < 4.78 is 60.1. The van der Waals surface area contributed by atoms with E-state index in [0.29, 0.717) is 29.4 Å². The van der Waals surface area contributed by atoms with Crippen molar-refractivity contribution in [2.24, 2.45) is 11.5 Å². The molecule has 0 unspecified atom stereocenters. The second-order valence-electron chi connectivity index (χ2n) is 14.3. The van der Waals surface area contributed by atoms with E-state index < -0.39 is 62.0 Å². The SMILES string of the molecule is CCn1nc(C)cc1C(=O)Nc1nc2cc(C(N)=O)cc3c2n1C/C=C/Cn1c(NC(=O)c2cc(C)nn2CC)nc2cc(C(N)=O)cc(c21)OCCN(C(=O)C(F)(F)F)CCO3. The third-order valence-electron chi connectivity index (χ3n) is 10.0. The predicted molar refractivity (Wildman–Crippen MR) is 220 cm³/mol. The van der Waals surface area contributed by atoms with Crippen LogP contribution in [0.5, 0.6) is 11.5 Å². The summed E-state index contributed by atoms with van der Waals surface area (Å²) in [5, 5.41) is 14.3. The van der Waals surface area contributed by atoms with Gasteiger partial charge in [-0.15, -0.1) is 0 Å². The fraction of sp³-hybridized carbons (Fsp3) is 0.325. The van der Waals surface area contributed by atoms with E-state index in [2.05, 4.69) is 30.8 Å². The molecule has 2 aromatic carbocycles. The first kappa shape index (κ1) is 43.4. The van der Waals surface area contributed by atoms with Crippen molar-refractivity contribution < 1.29 is 46.6 Å². The van der Waals surface area contributed by atoms with Gasteiger partial charge in [0.05, 0.1) is 35.5 Å². The Hall–Kier alpha value is -7.72. The number of allylic oxidation sites excluding steroid dienone is 2. The molecule has 1 aliphatic heterocycles. The Bertz CT molecular complexity index is 2660. The number of halogens is 3. The van der Waals surface area contributed by atoms with Gasteiger partial charge in [0, 0.05) is 37.3 Å². The number of rotatable bonds is 8. The topological polar surface area (TPSA) is 254 Å². The van der Waals surface area contributed by atoms with Gasteiger partial charge in [0.15, 0.2) is 0 Å². The second-order valence-corrected chi connectivity index (χ2v) is 14.3. The summed E-state index contributed by atoms with van der Waals surface area (Å²) in [6, 6.07) is 8.52. The van der Waals surface area contributed by atoms with Crippen LogP contribution < -0.4 is 31.6 Å². The normalized spacial score (nSPS) is 14.2. The average molecular weight is 874 g/mol. The van der Waals surface area contributed by atoms with Crippen LogP contribution in [0.1, 0.15) is 66.9 Å². The minimum atomic E-state index is -5.28. The van der Waals surface area contributed by atoms with Crippen LogP contribution in [0.15, 0.2) is 48.6 Å². The van der Waals surface area contributed by atoms with E-state index in [4.69, 9.17) is 20.9 Å². The highest BCUT2D eigenvalue weighted by Gasteiger charge is 2.42. The molecule has 0 aliphatic carbocycles. The number of anilines is 2. The Morgan fingerprint density at radius 1 is 0.683 bits per heavy atom. The smallest absolute Gasteiger partial charge is 0.471 e. The van der Waals surface area contributed by atoms with Crippen LogP contribution >= 0.6 is 0 Å². The standard InChI is InChI=1S/C40H42F3N13O7/c1-5-55-27(15-21(3)50-55)35(59)48-38-46-25-17-23(33(44)57)19-29-31(25)53(38)9-7-8-10-54-32-26(47-39(54)49-36(60)28-16-22(4)51-56(28)6-2)18-24(34(45)58)20-30(32)63-14-12-52(11-13-62-29)37(61)40(41,42)43/h7-8,15-20H,5-6,9-14H2,1-4H3,(H2,44,57)(H2,45,58)(H,46,48,59)(H,47,49,60)/b8-7+. The number of hydrogen-bond donors (Lipinski definition) is 4. The van der Waals surface area contributed by atoms with Crippen molar-refractivity contribution >= 4 is 63.5 Å². The van der Waals surface area contributed by atoms with Crippen molar-refractivity contribution in [3.63, 3.8) is 0 Å². The molecule has 6 N–H and O–H groups in total. The molecule has 0 bridgehead atoms. The zero-order valence-corrected chi connectivity index (χ0v) is 34.4. The van der Waals surface area contributed by atoms with Crippen LogP contribution in [0, 0.1) is 13.8 Å². The quantitative estimate of drug-likeness (QED) is 0.161. The number of nitrogens with zero attached hydrogens (tertiary/aromatic N) is 9. The molecule has 0 atom stereocenters. The van der Waals surface area contributed by atoms with Gasteiger partial charge in [-0.2, -0.15) is 23.4 Å². The van der Waals surface area contributed by atoms with Crippen molar-refractivity contribution in [1.82, 2.24) is 43.6 Å². The van der Waals surface area contributed by atoms with Gasteiger partial charge < -0.3 is 35.0 Å². The number of primary amides is 2. The van der Waals surface area contributed by atoms with Crippen molar-refractivity contribution in [3.05, 3.63) is 82.5 Å². The molecule has 0 fully saturated rings. The summed E-state index contributed by atoms with van der Waals surface area (Å²) in [6.45, 7) is 5.57. The summed E-state index contributed by atoms with van der Waals surface area (Å²) in [5.41, 5.74) is 13.6. The lowest BCUT2D eigenvalue weighted by Crippen LogP contribution is -2.45. The molecule has 63 heavy (non-hydrogen) atoms. The van der Waals surface area contributed by atoms with Crippen molar-refractivity contribution in [3.8, 4) is 11.5 Å². The van der Waals surface area contributed by atoms with E-state index in [-0.39, 0.29) is 81.1 Å². The van der Waals surface area contributed by atoms with Gasteiger partial charge in [-0.1, -0.05) is 12.2 Å². The maximum Gasteiger partial charge on any atom is 0.471 e. The molecule has 1 aliphatic rings. The summed E-state index contributed by atoms with van der Waals surface area (Å²) in [5.74, 6) is -5.12. The van der Waals surface area contributed by atoms with E-state index in [1.165, 1.54) is 33.6 Å². The molecule has 6 aromatic rings. The number of aromatic nitrogens is 8. The van der Waals surface area contributed by atoms with Gasteiger partial charge >= 0.3 is 12.1 Å². The molecule has 23 heteroatoms. The number of alkyl halides is 3. The van der Waals surface area contributed by atoms with Crippen LogP contribution in [0.25, 0.3) is 22.1 Å². The average Bonchev–Trinajstić information content (AvgIpc) is 3.99. The third kappa shape index (κ3) is 8.88. The predicted octanol–water partition coefficient (Wildman–Crippen LogP) is 3.56. The minimum absolute atomic E-state index is 0.00190. The Morgan fingerprint density at radius 2 is 1.10 bits per heavy atom. The first-order chi connectivity index (χ1) is 30.0. The number of hydrogen-bond acceptors (Lipinski definition) is 11. The van der Waals surface area contributed by atoms with Gasteiger partial charge in [-0.25, -0.2) is 9.97 Å². The zero-order chi connectivity index (χ0) is 45.3. The highest BCUT2D eigenvalue weighted by molar-refractivity contribution is 6.05. The first-order valence-electron chi connectivity index (χ1n) is 19.6. The summed E-state index contributed by atoms with van der Waals surface area (Å²) in [6.07, 6.45) is -1.87. The fourth-order valence-corrected chi connectivity index (χ4v) is 7.17. The van der Waals surface area contributed by atoms with Crippen LogP contribution in [0.4, 0.5) is 25.1 Å². The Labute approximate surface area is 355 Å². The fourth-order valence-electron chi connectivity index (χ4n) is 7.17. The Balaban J connectivity index is 1.38. The van der Waals surface area contributed by atoms with Crippen LogP contribution in [-0.4, -0.2) is 106 Å².